The average molecular weight is 374 g/mol. The number of nitrogens with one attached hydrogen (secondary N) is 1. The SMILES string of the molecule is COc1cc2ncnc(Nc3ccc(Cl)c(Cl)c3F)c2nc1Cl. The molecule has 23 heavy (non-hydrogen) atoms. The van der Waals surface area contributed by atoms with Crippen molar-refractivity contribution in [3.05, 3.63) is 45.5 Å². The molecule has 0 bridgehead atoms. The number of anilines is 2. The molecule has 0 saturated carbocycles. The zero-order valence-electron chi connectivity index (χ0n) is 11.6. The van der Waals surface area contributed by atoms with Gasteiger partial charge < -0.3 is 10.1 Å². The fourth-order valence-corrected chi connectivity index (χ4v) is 2.46. The Morgan fingerprint density at radius 1 is 1.17 bits per heavy atom. The van der Waals surface area contributed by atoms with Crippen LogP contribution < -0.4 is 10.1 Å². The van der Waals surface area contributed by atoms with Gasteiger partial charge in [-0.3, -0.25) is 0 Å². The summed E-state index contributed by atoms with van der Waals surface area (Å²) in [5.41, 5.74) is 0.959. The van der Waals surface area contributed by atoms with Crippen LogP contribution in [0.3, 0.4) is 0 Å². The van der Waals surface area contributed by atoms with Crippen molar-refractivity contribution in [3.8, 4) is 5.75 Å². The molecule has 0 saturated heterocycles. The van der Waals surface area contributed by atoms with Crippen LogP contribution in [0.1, 0.15) is 0 Å². The van der Waals surface area contributed by atoms with E-state index in [0.29, 0.717) is 16.8 Å². The van der Waals surface area contributed by atoms with Gasteiger partial charge in [-0.15, -0.1) is 0 Å². The number of fused-ring (bicyclic) bond motifs is 1. The highest BCUT2D eigenvalue weighted by Gasteiger charge is 2.15. The molecule has 5 nitrogen and oxygen atoms in total. The number of benzene rings is 1. The van der Waals surface area contributed by atoms with Crippen molar-refractivity contribution in [1.29, 1.82) is 0 Å². The van der Waals surface area contributed by atoms with Crippen molar-refractivity contribution in [3.63, 3.8) is 0 Å². The minimum absolute atomic E-state index is 0.105. The van der Waals surface area contributed by atoms with E-state index in [-0.39, 0.29) is 26.7 Å². The highest BCUT2D eigenvalue weighted by atomic mass is 35.5. The minimum atomic E-state index is -0.689. The molecule has 0 aliphatic heterocycles. The molecule has 3 aromatic rings. The molecular weight excluding hydrogens is 366 g/mol. The Bertz CT molecular complexity index is 907. The van der Waals surface area contributed by atoms with Gasteiger partial charge in [-0.05, 0) is 12.1 Å². The van der Waals surface area contributed by atoms with E-state index in [9.17, 15) is 4.39 Å². The van der Waals surface area contributed by atoms with Crippen LogP contribution in [-0.2, 0) is 0 Å². The number of halogens is 4. The quantitative estimate of drug-likeness (QED) is 0.524. The molecule has 0 aliphatic rings. The minimum Gasteiger partial charge on any atom is -0.493 e. The summed E-state index contributed by atoms with van der Waals surface area (Å²) in [6, 6.07) is 4.54. The molecule has 0 atom stereocenters. The molecule has 9 heteroatoms. The number of ether oxygens (including phenoxy) is 1. The first-order valence-electron chi connectivity index (χ1n) is 6.27. The van der Waals surface area contributed by atoms with E-state index in [1.807, 2.05) is 0 Å². The van der Waals surface area contributed by atoms with E-state index >= 15 is 0 Å². The maximum absolute atomic E-state index is 14.2. The van der Waals surface area contributed by atoms with Crippen molar-refractivity contribution >= 4 is 57.3 Å². The highest BCUT2D eigenvalue weighted by molar-refractivity contribution is 6.42. The normalized spacial score (nSPS) is 10.8. The second-order valence-corrected chi connectivity index (χ2v) is 5.56. The fourth-order valence-electron chi connectivity index (χ4n) is 1.93. The van der Waals surface area contributed by atoms with Gasteiger partial charge in [0.25, 0.3) is 0 Å². The summed E-state index contributed by atoms with van der Waals surface area (Å²) in [5, 5.41) is 2.90. The topological polar surface area (TPSA) is 59.9 Å². The van der Waals surface area contributed by atoms with Crippen molar-refractivity contribution in [2.45, 2.75) is 0 Å². The van der Waals surface area contributed by atoms with Gasteiger partial charge in [0.2, 0.25) is 0 Å². The number of rotatable bonds is 3. The Hall–Kier alpha value is -1.89. The summed E-state index contributed by atoms with van der Waals surface area (Å²) >= 11 is 17.6. The van der Waals surface area contributed by atoms with Crippen molar-refractivity contribution in [2.75, 3.05) is 12.4 Å². The Morgan fingerprint density at radius 3 is 2.70 bits per heavy atom. The van der Waals surface area contributed by atoms with E-state index in [4.69, 9.17) is 39.5 Å². The number of hydrogen-bond donors (Lipinski definition) is 1. The van der Waals surface area contributed by atoms with Crippen LogP contribution in [0.4, 0.5) is 15.9 Å². The first-order valence-corrected chi connectivity index (χ1v) is 7.40. The number of hydrogen-bond acceptors (Lipinski definition) is 5. The van der Waals surface area contributed by atoms with Gasteiger partial charge in [-0.1, -0.05) is 34.8 Å². The molecule has 1 aromatic carbocycles. The predicted molar refractivity (Wildman–Crippen MR) is 88.6 cm³/mol. The smallest absolute Gasteiger partial charge is 0.171 e. The van der Waals surface area contributed by atoms with Crippen LogP contribution >= 0.6 is 34.8 Å². The Labute approximate surface area is 145 Å². The number of nitrogens with zero attached hydrogens (tertiary/aromatic N) is 3. The van der Waals surface area contributed by atoms with Crippen LogP contribution in [-0.4, -0.2) is 22.1 Å². The number of pyridine rings is 1. The van der Waals surface area contributed by atoms with Gasteiger partial charge in [-0.25, -0.2) is 19.3 Å². The Balaban J connectivity index is 2.11. The van der Waals surface area contributed by atoms with Crippen molar-refractivity contribution in [2.24, 2.45) is 0 Å². The lowest BCUT2D eigenvalue weighted by Gasteiger charge is -2.11. The van der Waals surface area contributed by atoms with Gasteiger partial charge in [-0.2, -0.15) is 0 Å². The maximum atomic E-state index is 14.2. The van der Waals surface area contributed by atoms with Crippen LogP contribution in [0, 0.1) is 5.82 Å². The number of methoxy groups -OCH3 is 1. The molecule has 118 valence electrons. The molecular formula is C14H8Cl3FN4O. The molecule has 0 radical (unpaired) electrons. The summed E-state index contributed by atoms with van der Waals surface area (Å²) < 4.78 is 19.2. The first kappa shape index (κ1) is 16.0. The molecule has 3 rings (SSSR count). The molecule has 0 unspecified atom stereocenters. The third-order valence-corrected chi connectivity index (χ3v) is 4.09. The van der Waals surface area contributed by atoms with Crippen LogP contribution in [0.2, 0.25) is 15.2 Å². The van der Waals surface area contributed by atoms with E-state index in [2.05, 4.69) is 20.3 Å². The summed E-state index contributed by atoms with van der Waals surface area (Å²) in [7, 11) is 1.47. The van der Waals surface area contributed by atoms with Gasteiger partial charge in [0.15, 0.2) is 22.5 Å². The lowest BCUT2D eigenvalue weighted by Crippen LogP contribution is -2.00. The second kappa shape index (κ2) is 6.31. The highest BCUT2D eigenvalue weighted by Crippen LogP contribution is 2.33. The summed E-state index contributed by atoms with van der Waals surface area (Å²) in [6.07, 6.45) is 1.31. The molecule has 2 aromatic heterocycles. The van der Waals surface area contributed by atoms with Crippen molar-refractivity contribution in [1.82, 2.24) is 15.0 Å². The number of aromatic nitrogens is 3. The largest absolute Gasteiger partial charge is 0.493 e. The molecule has 2 heterocycles. The van der Waals surface area contributed by atoms with E-state index < -0.39 is 5.82 Å². The lowest BCUT2D eigenvalue weighted by molar-refractivity contribution is 0.414. The first-order chi connectivity index (χ1) is 11.0. The summed E-state index contributed by atoms with van der Waals surface area (Å²) in [5.74, 6) is -0.0353. The lowest BCUT2D eigenvalue weighted by atomic mass is 10.3. The molecule has 0 amide bonds. The zero-order valence-corrected chi connectivity index (χ0v) is 13.8. The monoisotopic (exact) mass is 372 g/mol. The van der Waals surface area contributed by atoms with Crippen LogP contribution in [0.25, 0.3) is 11.0 Å². The molecule has 1 N–H and O–H groups in total. The van der Waals surface area contributed by atoms with Crippen molar-refractivity contribution < 1.29 is 9.13 Å². The maximum Gasteiger partial charge on any atom is 0.171 e. The van der Waals surface area contributed by atoms with E-state index in [1.165, 1.54) is 25.6 Å². The average Bonchev–Trinajstić information content (AvgIpc) is 2.55. The summed E-state index contributed by atoms with van der Waals surface area (Å²) in [6.45, 7) is 0. The standard InChI is InChI=1S/C14H8Cl3FN4O/c1-23-9-4-8-12(22-13(9)17)14(20-5-19-8)21-7-3-2-6(15)10(16)11(7)18/h2-5H,1H3,(H,19,20,21). The summed E-state index contributed by atoms with van der Waals surface area (Å²) in [4.78, 5) is 12.3. The zero-order chi connectivity index (χ0) is 16.6. The van der Waals surface area contributed by atoms with Crippen LogP contribution in [0.5, 0.6) is 5.75 Å². The Kier molecular flexibility index (Phi) is 4.39. The van der Waals surface area contributed by atoms with Gasteiger partial charge in [0.05, 0.1) is 28.4 Å². The second-order valence-electron chi connectivity index (χ2n) is 4.42. The Morgan fingerprint density at radius 2 is 1.96 bits per heavy atom. The fraction of sp³-hybridized carbons (Fsp3) is 0.0714. The van der Waals surface area contributed by atoms with Gasteiger partial charge in [0.1, 0.15) is 11.8 Å². The van der Waals surface area contributed by atoms with E-state index in [1.54, 1.807) is 6.07 Å². The third kappa shape index (κ3) is 2.97. The molecule has 0 aliphatic carbocycles. The molecule has 0 spiro atoms. The van der Waals surface area contributed by atoms with E-state index in [0.717, 1.165) is 0 Å². The van der Waals surface area contributed by atoms with Crippen LogP contribution in [0.15, 0.2) is 24.5 Å². The molecule has 0 fully saturated rings. The predicted octanol–water partition coefficient (Wildman–Crippen LogP) is 4.88. The van der Waals surface area contributed by atoms with Gasteiger partial charge in [0, 0.05) is 6.07 Å². The van der Waals surface area contributed by atoms with Gasteiger partial charge >= 0.3 is 0 Å². The third-order valence-electron chi connectivity index (χ3n) is 3.04.